The number of carbonyl (C=O) groups is 2. The number of carboxylic acid groups (broad SMARTS) is 1. The summed E-state index contributed by atoms with van der Waals surface area (Å²) in [6.45, 7) is 30.2. The van der Waals surface area contributed by atoms with Crippen molar-refractivity contribution in [2.45, 2.75) is 165 Å². The molecule has 2 aromatic rings. The molecule has 0 saturated heterocycles. The topological polar surface area (TPSA) is 83.8 Å². The van der Waals surface area contributed by atoms with E-state index in [1.807, 2.05) is 23.5 Å². The molecular formula is C38H58O5S2. The summed E-state index contributed by atoms with van der Waals surface area (Å²) in [6, 6.07) is 8.67. The number of esters is 1. The zero-order valence-corrected chi connectivity index (χ0v) is 31.9. The molecule has 0 spiro atoms. The van der Waals surface area contributed by atoms with Gasteiger partial charge in [-0.3, -0.25) is 9.59 Å². The van der Waals surface area contributed by atoms with Gasteiger partial charge in [-0.15, -0.1) is 23.5 Å². The summed E-state index contributed by atoms with van der Waals surface area (Å²) < 4.78 is 5.84. The summed E-state index contributed by atoms with van der Waals surface area (Å²) in [5.74, 6) is -0.332. The van der Waals surface area contributed by atoms with Gasteiger partial charge in [-0.2, -0.15) is 0 Å². The number of hydrogen-bond donors (Lipinski definition) is 2. The normalized spacial score (nSPS) is 14.3. The van der Waals surface area contributed by atoms with Gasteiger partial charge >= 0.3 is 11.9 Å². The highest BCUT2D eigenvalue weighted by atomic mass is 32.2. The van der Waals surface area contributed by atoms with Crippen molar-refractivity contribution in [3.8, 4) is 11.5 Å². The zero-order valence-electron chi connectivity index (χ0n) is 30.3. The summed E-state index contributed by atoms with van der Waals surface area (Å²) in [5, 5.41) is 20.4. The molecule has 7 heteroatoms. The third kappa shape index (κ3) is 10.4. The Balaban J connectivity index is 2.65. The molecule has 2 rings (SSSR count). The lowest BCUT2D eigenvalue weighted by Crippen LogP contribution is -2.23. The predicted molar refractivity (Wildman–Crippen MR) is 191 cm³/mol. The van der Waals surface area contributed by atoms with Crippen molar-refractivity contribution >= 4 is 35.5 Å². The van der Waals surface area contributed by atoms with Crippen LogP contribution in [0.5, 0.6) is 11.5 Å². The van der Waals surface area contributed by atoms with Gasteiger partial charge in [0.05, 0.1) is 4.08 Å². The lowest BCUT2D eigenvalue weighted by molar-refractivity contribution is -0.137. The highest BCUT2D eigenvalue weighted by molar-refractivity contribution is 8.18. The van der Waals surface area contributed by atoms with Crippen LogP contribution < -0.4 is 4.74 Å². The second kappa shape index (κ2) is 14.3. The Morgan fingerprint density at radius 1 is 0.667 bits per heavy atom. The molecule has 0 heterocycles. The molecule has 1 atom stereocenters. The van der Waals surface area contributed by atoms with Gasteiger partial charge in [0.2, 0.25) is 0 Å². The van der Waals surface area contributed by atoms with Gasteiger partial charge in [0.15, 0.2) is 0 Å². The van der Waals surface area contributed by atoms with Crippen molar-refractivity contribution < 1.29 is 24.5 Å². The van der Waals surface area contributed by atoms with E-state index < -0.39 is 11.9 Å². The third-order valence-electron chi connectivity index (χ3n) is 8.48. The lowest BCUT2D eigenvalue weighted by atomic mass is 9.77. The molecule has 5 nitrogen and oxygen atoms in total. The minimum Gasteiger partial charge on any atom is -0.507 e. The number of rotatable bonds is 12. The molecule has 0 aliphatic heterocycles. The molecule has 0 radical (unpaired) electrons. The average molecular weight is 659 g/mol. The average Bonchev–Trinajstić information content (AvgIpc) is 2.88. The van der Waals surface area contributed by atoms with Gasteiger partial charge < -0.3 is 14.9 Å². The first-order chi connectivity index (χ1) is 20.3. The van der Waals surface area contributed by atoms with Crippen molar-refractivity contribution in [2.24, 2.45) is 0 Å². The number of benzene rings is 2. The number of aromatic hydroxyl groups is 1. The molecule has 0 bridgehead atoms. The van der Waals surface area contributed by atoms with Gasteiger partial charge in [0, 0.05) is 44.9 Å². The molecular weight excluding hydrogens is 601 g/mol. The number of thioether (sulfide) groups is 2. The van der Waals surface area contributed by atoms with Gasteiger partial charge in [-0.25, -0.2) is 0 Å². The Hall–Kier alpha value is -2.12. The Labute approximate surface area is 281 Å². The lowest BCUT2D eigenvalue weighted by Gasteiger charge is -2.33. The number of aliphatic carboxylic acids is 1. The number of phenolic OH excluding ortho intramolecular Hbond substituents is 1. The molecule has 0 saturated carbocycles. The summed E-state index contributed by atoms with van der Waals surface area (Å²) in [5.41, 5.74) is 2.89. The van der Waals surface area contributed by atoms with E-state index in [4.69, 9.17) is 9.84 Å². The highest BCUT2D eigenvalue weighted by Gasteiger charge is 2.34. The van der Waals surface area contributed by atoms with Crippen molar-refractivity contribution in [1.82, 2.24) is 0 Å². The Bertz CT molecular complexity index is 1340. The first-order valence-corrected chi connectivity index (χ1v) is 17.9. The molecule has 252 valence electrons. The number of phenols is 1. The molecule has 2 aromatic carbocycles. The van der Waals surface area contributed by atoms with E-state index in [0.717, 1.165) is 44.9 Å². The SMILES string of the molecule is CCC(C)(Sc1cc(C(C)(C)C)c(OC(=O)CCCC(=O)O)c(C(C)(C)C)c1)Sc1cc(C(C)(C)C)c(O)c(C(C)(C)CC)c1. The molecule has 2 N–H and O–H groups in total. The minimum atomic E-state index is -0.918. The van der Waals surface area contributed by atoms with Gasteiger partial charge in [0.1, 0.15) is 11.5 Å². The first kappa shape index (κ1) is 39.1. The highest BCUT2D eigenvalue weighted by Crippen LogP contribution is 2.52. The van der Waals surface area contributed by atoms with Gasteiger partial charge in [0.25, 0.3) is 0 Å². The Kier molecular flexibility index (Phi) is 12.4. The van der Waals surface area contributed by atoms with Crippen molar-refractivity contribution in [3.63, 3.8) is 0 Å². The maximum absolute atomic E-state index is 12.9. The third-order valence-corrected chi connectivity index (χ3v) is 11.4. The van der Waals surface area contributed by atoms with Crippen LogP contribution in [0.15, 0.2) is 34.1 Å². The molecule has 0 amide bonds. The van der Waals surface area contributed by atoms with Crippen LogP contribution in [0.3, 0.4) is 0 Å². The molecule has 1 unspecified atom stereocenters. The van der Waals surface area contributed by atoms with E-state index in [1.165, 1.54) is 0 Å². The van der Waals surface area contributed by atoms with E-state index >= 15 is 0 Å². The Morgan fingerprint density at radius 2 is 1.09 bits per heavy atom. The van der Waals surface area contributed by atoms with E-state index in [1.54, 1.807) is 0 Å². The van der Waals surface area contributed by atoms with Crippen LogP contribution >= 0.6 is 23.5 Å². The summed E-state index contributed by atoms with van der Waals surface area (Å²) >= 11 is 3.66. The standard InChI is InChI=1S/C38H58O5S2/c1-15-37(12,13)27-21-24(20-26(32(27)42)34(3,4)5)44-38(14,16-2)45-25-22-28(35(6,7)8)33(29(23-25)36(9,10)11)43-31(41)19-17-18-30(39)40/h20-23,42H,15-19H2,1-14H3,(H,39,40). The molecule has 45 heavy (non-hydrogen) atoms. The van der Waals surface area contributed by atoms with E-state index in [9.17, 15) is 14.7 Å². The smallest absolute Gasteiger partial charge is 0.311 e. The van der Waals surface area contributed by atoms with E-state index in [2.05, 4.69) is 121 Å². The van der Waals surface area contributed by atoms with Gasteiger partial charge in [-0.1, -0.05) is 90.0 Å². The maximum Gasteiger partial charge on any atom is 0.311 e. The fourth-order valence-electron chi connectivity index (χ4n) is 5.04. The summed E-state index contributed by atoms with van der Waals surface area (Å²) in [6.07, 6.45) is 2.05. The van der Waals surface area contributed by atoms with Crippen LogP contribution in [0.25, 0.3) is 0 Å². The second-order valence-electron chi connectivity index (χ2n) is 16.1. The molecule has 0 fully saturated rings. The van der Waals surface area contributed by atoms with Crippen LogP contribution in [-0.4, -0.2) is 26.2 Å². The van der Waals surface area contributed by atoms with E-state index in [0.29, 0.717) is 11.5 Å². The van der Waals surface area contributed by atoms with E-state index in [-0.39, 0.29) is 45.0 Å². The fourth-order valence-corrected chi connectivity index (χ4v) is 7.78. The summed E-state index contributed by atoms with van der Waals surface area (Å²) in [7, 11) is 0. The molecule has 0 aliphatic carbocycles. The quantitative estimate of drug-likeness (QED) is 0.102. The number of ether oxygens (including phenoxy) is 1. The molecule has 0 aromatic heterocycles. The minimum absolute atomic E-state index is 0.0561. The van der Waals surface area contributed by atoms with Crippen LogP contribution in [-0.2, 0) is 31.2 Å². The molecule has 0 aliphatic rings. The number of hydrogen-bond acceptors (Lipinski definition) is 6. The van der Waals surface area contributed by atoms with Crippen molar-refractivity contribution in [2.75, 3.05) is 0 Å². The zero-order chi connectivity index (χ0) is 34.8. The van der Waals surface area contributed by atoms with Crippen LogP contribution in [0.1, 0.15) is 151 Å². The summed E-state index contributed by atoms with van der Waals surface area (Å²) in [4.78, 5) is 26.2. The largest absolute Gasteiger partial charge is 0.507 e. The maximum atomic E-state index is 12.9. The second-order valence-corrected chi connectivity index (χ2v) is 19.5. The van der Waals surface area contributed by atoms with Gasteiger partial charge in [-0.05, 0) is 72.1 Å². The van der Waals surface area contributed by atoms with Crippen LogP contribution in [0.4, 0.5) is 0 Å². The Morgan fingerprint density at radius 3 is 1.47 bits per heavy atom. The van der Waals surface area contributed by atoms with Crippen LogP contribution in [0, 0.1) is 0 Å². The fraction of sp³-hybridized carbons (Fsp3) is 0.632. The van der Waals surface area contributed by atoms with Crippen molar-refractivity contribution in [1.29, 1.82) is 0 Å². The number of carbonyl (C=O) groups excluding carboxylic acids is 1. The monoisotopic (exact) mass is 658 g/mol. The number of carboxylic acids is 1. The first-order valence-electron chi connectivity index (χ1n) is 16.2. The predicted octanol–water partition coefficient (Wildman–Crippen LogP) is 11.1. The van der Waals surface area contributed by atoms with Crippen molar-refractivity contribution in [3.05, 3.63) is 46.5 Å². The van der Waals surface area contributed by atoms with Crippen LogP contribution in [0.2, 0.25) is 0 Å².